The van der Waals surface area contributed by atoms with E-state index in [9.17, 15) is 4.39 Å². The third kappa shape index (κ3) is 3.56. The average Bonchev–Trinajstić information content (AvgIpc) is 3.16. The van der Waals surface area contributed by atoms with Gasteiger partial charge >= 0.3 is 0 Å². The van der Waals surface area contributed by atoms with Gasteiger partial charge in [-0.15, -0.1) is 0 Å². The Bertz CT molecular complexity index is 1370. The molecule has 1 unspecified atom stereocenters. The number of amidine groups is 1. The Balaban J connectivity index is 1.65. The van der Waals surface area contributed by atoms with Gasteiger partial charge in [0.25, 0.3) is 0 Å². The van der Waals surface area contributed by atoms with Gasteiger partial charge in [-0.1, -0.05) is 61.5 Å². The van der Waals surface area contributed by atoms with Gasteiger partial charge in [0, 0.05) is 16.5 Å². The van der Waals surface area contributed by atoms with Crippen LogP contribution in [0.15, 0.2) is 77.8 Å². The fourth-order valence-electron chi connectivity index (χ4n) is 4.16. The number of hydrogen-bond acceptors (Lipinski definition) is 4. The molecule has 5 heteroatoms. The van der Waals surface area contributed by atoms with Gasteiger partial charge in [-0.3, -0.25) is 4.99 Å². The predicted octanol–water partition coefficient (Wildman–Crippen LogP) is 6.79. The largest absolute Gasteiger partial charge is 0.324 e. The van der Waals surface area contributed by atoms with E-state index < -0.39 is 0 Å². The van der Waals surface area contributed by atoms with E-state index in [1.807, 2.05) is 73.7 Å². The first kappa shape index (κ1) is 20.1. The number of halogens is 1. The van der Waals surface area contributed by atoms with Crippen molar-refractivity contribution >= 4 is 28.6 Å². The van der Waals surface area contributed by atoms with Crippen molar-refractivity contribution in [2.75, 3.05) is 5.32 Å². The van der Waals surface area contributed by atoms with Gasteiger partial charge < -0.3 is 5.32 Å². The first-order valence-electron chi connectivity index (χ1n) is 10.8. The van der Waals surface area contributed by atoms with Gasteiger partial charge in [0.2, 0.25) is 0 Å². The third-order valence-electron chi connectivity index (χ3n) is 5.69. The van der Waals surface area contributed by atoms with Gasteiger partial charge in [0.15, 0.2) is 5.82 Å². The Kier molecular flexibility index (Phi) is 5.23. The number of nitrogens with zero attached hydrogens (tertiary/aromatic N) is 3. The molecule has 1 atom stereocenters. The number of fused-ring (bicyclic) bond motifs is 2. The average molecular weight is 423 g/mol. The molecule has 1 N–H and O–H groups in total. The molecule has 5 rings (SSSR count). The molecule has 4 nitrogen and oxygen atoms in total. The normalized spacial score (nSPS) is 15.2. The molecule has 2 heterocycles. The Morgan fingerprint density at radius 2 is 1.78 bits per heavy atom. The number of benzene rings is 3. The van der Waals surface area contributed by atoms with E-state index in [1.54, 1.807) is 6.07 Å². The summed E-state index contributed by atoms with van der Waals surface area (Å²) in [5.74, 6) is 1.66. The first-order chi connectivity index (χ1) is 15.7. The van der Waals surface area contributed by atoms with Crippen LogP contribution in [0.25, 0.3) is 28.4 Å². The number of aliphatic imine (C=N–C) groups is 1. The molecule has 0 aliphatic carbocycles. The lowest BCUT2D eigenvalue weighted by Crippen LogP contribution is -2.14. The van der Waals surface area contributed by atoms with Crippen molar-refractivity contribution < 1.29 is 4.39 Å². The van der Waals surface area contributed by atoms with Crippen molar-refractivity contribution in [2.45, 2.75) is 26.3 Å². The lowest BCUT2D eigenvalue weighted by atomic mass is 10.0. The maximum Gasteiger partial charge on any atom is 0.162 e. The van der Waals surface area contributed by atoms with Gasteiger partial charge in [-0.2, -0.15) is 0 Å². The number of aromatic nitrogens is 2. The van der Waals surface area contributed by atoms with E-state index in [0.717, 1.165) is 39.6 Å². The van der Waals surface area contributed by atoms with E-state index in [2.05, 4.69) is 12.2 Å². The van der Waals surface area contributed by atoms with Crippen LogP contribution in [0.2, 0.25) is 0 Å². The third-order valence-corrected chi connectivity index (χ3v) is 5.69. The molecule has 0 fully saturated rings. The second-order valence-electron chi connectivity index (χ2n) is 7.76. The zero-order chi connectivity index (χ0) is 22.1. The van der Waals surface area contributed by atoms with Crippen molar-refractivity contribution in [3.05, 3.63) is 95.3 Å². The summed E-state index contributed by atoms with van der Waals surface area (Å²) in [6.07, 6.45) is 4.89. The number of nitrogens with one attached hydrogen (secondary N) is 1. The number of hydrogen-bond donors (Lipinski definition) is 1. The van der Waals surface area contributed by atoms with Crippen LogP contribution in [0.1, 0.15) is 43.0 Å². The molecule has 0 saturated carbocycles. The zero-order valence-corrected chi connectivity index (χ0v) is 18.0. The van der Waals surface area contributed by atoms with Gasteiger partial charge in [0.05, 0.1) is 11.6 Å². The molecule has 4 aromatic rings. The van der Waals surface area contributed by atoms with E-state index in [0.29, 0.717) is 17.5 Å². The van der Waals surface area contributed by atoms with Crippen molar-refractivity contribution in [3.8, 4) is 11.4 Å². The highest BCUT2D eigenvalue weighted by molar-refractivity contribution is 6.13. The molecule has 3 aromatic carbocycles. The minimum absolute atomic E-state index is 0.0103. The summed E-state index contributed by atoms with van der Waals surface area (Å²) in [6, 6.07) is 20.8. The van der Waals surface area contributed by atoms with Crippen molar-refractivity contribution in [1.82, 2.24) is 9.97 Å². The predicted molar refractivity (Wildman–Crippen MR) is 129 cm³/mol. The molecule has 1 aromatic heterocycles. The van der Waals surface area contributed by atoms with E-state index in [1.165, 1.54) is 6.07 Å². The quantitative estimate of drug-likeness (QED) is 0.394. The number of rotatable bonds is 4. The Morgan fingerprint density at radius 1 is 0.969 bits per heavy atom. The smallest absolute Gasteiger partial charge is 0.162 e. The molecule has 158 valence electrons. The Hall–Kier alpha value is -3.86. The standard InChI is InChI=1S/C27H23FN4/c1-3-9-17-10-5-6-11-19(17)25-30-24-13-8-7-12-21(24)26(31-25)32-27-22-16-18(28)14-15-20(22)23(4-2)29-27/h3,5-16,23H,4H2,1-2H3,(H,29,30,31,32)/b9-3+. The van der Waals surface area contributed by atoms with Gasteiger partial charge in [-0.25, -0.2) is 14.4 Å². The van der Waals surface area contributed by atoms with E-state index >= 15 is 0 Å². The molecule has 0 amide bonds. The van der Waals surface area contributed by atoms with E-state index in [-0.39, 0.29) is 11.9 Å². The lowest BCUT2D eigenvalue weighted by molar-refractivity contribution is 0.625. The van der Waals surface area contributed by atoms with Crippen LogP contribution in [0.3, 0.4) is 0 Å². The van der Waals surface area contributed by atoms with Crippen LogP contribution < -0.4 is 5.32 Å². The zero-order valence-electron chi connectivity index (χ0n) is 18.0. The number of allylic oxidation sites excluding steroid dienone is 1. The van der Waals surface area contributed by atoms with Crippen molar-refractivity contribution in [1.29, 1.82) is 0 Å². The van der Waals surface area contributed by atoms with Crippen LogP contribution in [-0.2, 0) is 0 Å². The van der Waals surface area contributed by atoms with Crippen LogP contribution in [0.5, 0.6) is 0 Å². The minimum Gasteiger partial charge on any atom is -0.324 e. The van der Waals surface area contributed by atoms with Gasteiger partial charge in [0.1, 0.15) is 17.5 Å². The number of para-hydroxylation sites is 1. The summed E-state index contributed by atoms with van der Waals surface area (Å²) in [6.45, 7) is 4.07. The summed E-state index contributed by atoms with van der Waals surface area (Å²) in [5.41, 5.74) is 4.66. The highest BCUT2D eigenvalue weighted by Gasteiger charge is 2.25. The monoisotopic (exact) mass is 422 g/mol. The van der Waals surface area contributed by atoms with Crippen LogP contribution in [0.4, 0.5) is 10.2 Å². The topological polar surface area (TPSA) is 50.2 Å². The summed E-state index contributed by atoms with van der Waals surface area (Å²) in [7, 11) is 0. The molecule has 0 bridgehead atoms. The highest BCUT2D eigenvalue weighted by Crippen LogP contribution is 2.34. The second kappa shape index (κ2) is 8.35. The Labute approximate surface area is 186 Å². The van der Waals surface area contributed by atoms with Crippen LogP contribution in [-0.4, -0.2) is 15.8 Å². The van der Waals surface area contributed by atoms with Crippen LogP contribution in [0, 0.1) is 5.82 Å². The van der Waals surface area contributed by atoms with Crippen LogP contribution >= 0.6 is 0 Å². The molecule has 1 aliphatic rings. The summed E-state index contributed by atoms with van der Waals surface area (Å²) in [4.78, 5) is 14.6. The van der Waals surface area contributed by atoms with E-state index in [4.69, 9.17) is 15.0 Å². The molecule has 0 radical (unpaired) electrons. The molecular formula is C27H23FN4. The Morgan fingerprint density at radius 3 is 2.62 bits per heavy atom. The molecule has 0 saturated heterocycles. The van der Waals surface area contributed by atoms with Crippen molar-refractivity contribution in [3.63, 3.8) is 0 Å². The first-order valence-corrected chi connectivity index (χ1v) is 10.8. The van der Waals surface area contributed by atoms with Gasteiger partial charge in [-0.05, 0) is 48.7 Å². The summed E-state index contributed by atoms with van der Waals surface area (Å²) in [5, 5.41) is 4.30. The molecular weight excluding hydrogens is 399 g/mol. The fraction of sp³-hybridized carbons (Fsp3) is 0.148. The molecule has 1 aliphatic heterocycles. The maximum absolute atomic E-state index is 14.0. The SMILES string of the molecule is C/C=C/c1ccccc1-c1nc(NC2=NC(CC)c3ccc(F)cc32)c2ccccc2n1. The number of anilines is 1. The highest BCUT2D eigenvalue weighted by atomic mass is 19.1. The fourth-order valence-corrected chi connectivity index (χ4v) is 4.16. The lowest BCUT2D eigenvalue weighted by Gasteiger charge is -2.13. The molecule has 0 spiro atoms. The second-order valence-corrected chi connectivity index (χ2v) is 7.76. The minimum atomic E-state index is -0.275. The van der Waals surface area contributed by atoms with Crippen molar-refractivity contribution in [2.24, 2.45) is 4.99 Å². The summed E-state index contributed by atoms with van der Waals surface area (Å²) < 4.78 is 14.0. The summed E-state index contributed by atoms with van der Waals surface area (Å²) >= 11 is 0. The molecule has 32 heavy (non-hydrogen) atoms. The maximum atomic E-state index is 14.0.